The Hall–Kier alpha value is 0.199. The molecule has 0 bridgehead atoms. The standard InChI is InChI=1S/C9H14N2Se2/c10-5-4-8-13-9(12)11-6-2-1-3-7-11/h1-4,6-8H2. The van der Waals surface area contributed by atoms with E-state index in [1.54, 1.807) is 0 Å². The molecular weight excluding hydrogens is 294 g/mol. The fourth-order valence-electron chi connectivity index (χ4n) is 1.35. The number of hydrogen-bond acceptors (Lipinski definition) is 2. The Balaban J connectivity index is 2.18. The van der Waals surface area contributed by atoms with Crippen molar-refractivity contribution in [2.24, 2.45) is 0 Å². The van der Waals surface area contributed by atoms with E-state index < -0.39 is 0 Å². The molecule has 1 heterocycles. The van der Waals surface area contributed by atoms with Gasteiger partial charge in [0.05, 0.1) is 0 Å². The molecule has 13 heavy (non-hydrogen) atoms. The summed E-state index contributed by atoms with van der Waals surface area (Å²) < 4.78 is 1.42. The van der Waals surface area contributed by atoms with Gasteiger partial charge < -0.3 is 0 Å². The molecule has 1 aliphatic rings. The molecule has 0 aliphatic carbocycles. The average molecular weight is 308 g/mol. The second-order valence-electron chi connectivity index (χ2n) is 3.07. The number of likely N-dealkylation sites (tertiary alicyclic amines) is 1. The molecule has 0 aromatic carbocycles. The molecular formula is C9H14N2Se2. The summed E-state index contributed by atoms with van der Waals surface area (Å²) in [6.07, 6.45) is 4.76. The van der Waals surface area contributed by atoms with Crippen LogP contribution in [0.3, 0.4) is 0 Å². The number of nitriles is 1. The first-order valence-electron chi connectivity index (χ1n) is 4.63. The summed E-state index contributed by atoms with van der Waals surface area (Å²) in [5.41, 5.74) is 0. The molecule has 0 radical (unpaired) electrons. The van der Waals surface area contributed by atoms with E-state index in [0.29, 0.717) is 21.4 Å². The van der Waals surface area contributed by atoms with Crippen LogP contribution in [0, 0.1) is 11.3 Å². The fraction of sp³-hybridized carbons (Fsp3) is 0.778. The van der Waals surface area contributed by atoms with E-state index in [1.807, 2.05) is 0 Å². The molecule has 1 rings (SSSR count). The van der Waals surface area contributed by atoms with Crippen LogP contribution in [0.5, 0.6) is 0 Å². The van der Waals surface area contributed by atoms with E-state index in [9.17, 15) is 0 Å². The van der Waals surface area contributed by atoms with Gasteiger partial charge in [-0.25, -0.2) is 0 Å². The van der Waals surface area contributed by atoms with Gasteiger partial charge in [-0.15, -0.1) is 0 Å². The van der Waals surface area contributed by atoms with Gasteiger partial charge in [-0.3, -0.25) is 0 Å². The maximum absolute atomic E-state index is 8.42. The van der Waals surface area contributed by atoms with Crippen LogP contribution >= 0.6 is 0 Å². The van der Waals surface area contributed by atoms with E-state index >= 15 is 0 Å². The molecule has 0 aromatic rings. The zero-order chi connectivity index (χ0) is 9.52. The molecule has 2 nitrogen and oxygen atoms in total. The first kappa shape index (κ1) is 11.3. The maximum atomic E-state index is 8.42. The monoisotopic (exact) mass is 310 g/mol. The van der Waals surface area contributed by atoms with Crippen molar-refractivity contribution in [3.8, 4) is 6.07 Å². The quantitative estimate of drug-likeness (QED) is 0.566. The van der Waals surface area contributed by atoms with Gasteiger partial charge in [-0.2, -0.15) is 0 Å². The van der Waals surface area contributed by atoms with Crippen LogP contribution in [0.1, 0.15) is 25.7 Å². The van der Waals surface area contributed by atoms with E-state index in [0.717, 1.165) is 5.32 Å². The molecule has 4 heteroatoms. The number of piperidine rings is 1. The Morgan fingerprint density at radius 3 is 2.69 bits per heavy atom. The van der Waals surface area contributed by atoms with Crippen LogP contribution in [0.25, 0.3) is 0 Å². The van der Waals surface area contributed by atoms with Gasteiger partial charge in [0.2, 0.25) is 0 Å². The molecule has 1 aliphatic heterocycles. The van der Waals surface area contributed by atoms with Crippen molar-refractivity contribution in [2.45, 2.75) is 31.0 Å². The first-order chi connectivity index (χ1) is 6.34. The summed E-state index contributed by atoms with van der Waals surface area (Å²) in [6, 6.07) is 2.20. The third kappa shape index (κ3) is 4.29. The summed E-state index contributed by atoms with van der Waals surface area (Å²) in [4.78, 5) is 2.46. The Labute approximate surface area is 94.2 Å². The Morgan fingerprint density at radius 2 is 2.08 bits per heavy atom. The zero-order valence-corrected chi connectivity index (χ0v) is 11.1. The van der Waals surface area contributed by atoms with Crippen molar-refractivity contribution in [3.63, 3.8) is 0 Å². The first-order valence-corrected chi connectivity index (χ1v) is 7.55. The number of hydrogen-bond donors (Lipinski definition) is 0. The molecule has 0 amide bonds. The summed E-state index contributed by atoms with van der Waals surface area (Å²) >= 11 is 3.67. The molecule has 1 saturated heterocycles. The molecule has 0 unspecified atom stereocenters. The Morgan fingerprint density at radius 1 is 1.38 bits per heavy atom. The second kappa shape index (κ2) is 6.62. The van der Waals surface area contributed by atoms with Crippen LogP contribution in [0.15, 0.2) is 0 Å². The third-order valence-corrected chi connectivity index (χ3v) is 5.80. The van der Waals surface area contributed by atoms with Gasteiger partial charge in [0.25, 0.3) is 0 Å². The molecule has 72 valence electrons. The minimum absolute atomic E-state index is 0.507. The van der Waals surface area contributed by atoms with Crippen molar-refractivity contribution in [1.82, 2.24) is 4.90 Å². The van der Waals surface area contributed by atoms with Gasteiger partial charge in [0.1, 0.15) is 0 Å². The normalized spacial score (nSPS) is 16.7. The fourth-order valence-corrected chi connectivity index (χ4v) is 4.18. The Kier molecular flexibility index (Phi) is 5.74. The van der Waals surface area contributed by atoms with Crippen LogP contribution < -0.4 is 0 Å². The van der Waals surface area contributed by atoms with Gasteiger partial charge in [0, 0.05) is 0 Å². The van der Waals surface area contributed by atoms with Crippen LogP contribution in [0.2, 0.25) is 5.32 Å². The van der Waals surface area contributed by atoms with E-state index in [-0.39, 0.29) is 0 Å². The van der Waals surface area contributed by atoms with Crippen molar-refractivity contribution < 1.29 is 0 Å². The predicted octanol–water partition coefficient (Wildman–Crippen LogP) is 0.764. The number of rotatable bonds is 4. The van der Waals surface area contributed by atoms with Crippen LogP contribution in [0.4, 0.5) is 0 Å². The van der Waals surface area contributed by atoms with Gasteiger partial charge in [-0.05, 0) is 0 Å². The van der Waals surface area contributed by atoms with E-state index in [2.05, 4.69) is 26.5 Å². The topological polar surface area (TPSA) is 27.0 Å². The summed E-state index contributed by atoms with van der Waals surface area (Å²) in [5, 5.41) is 9.47. The van der Waals surface area contributed by atoms with Crippen molar-refractivity contribution in [3.05, 3.63) is 0 Å². The molecule has 0 N–H and O–H groups in total. The average Bonchev–Trinajstić information content (AvgIpc) is 2.19. The molecule has 0 aromatic heterocycles. The summed E-state index contributed by atoms with van der Waals surface area (Å²) in [6.45, 7) is 2.44. The van der Waals surface area contributed by atoms with Gasteiger partial charge in [0.15, 0.2) is 0 Å². The predicted molar refractivity (Wildman–Crippen MR) is 57.0 cm³/mol. The van der Waals surface area contributed by atoms with Crippen molar-refractivity contribution >= 4 is 34.0 Å². The minimum atomic E-state index is 0.507. The van der Waals surface area contributed by atoms with E-state index in [4.69, 9.17) is 5.26 Å². The molecule has 0 atom stereocenters. The second-order valence-corrected chi connectivity index (χ2v) is 7.47. The molecule has 0 saturated carbocycles. The molecule has 0 spiro atoms. The van der Waals surface area contributed by atoms with Crippen LogP contribution in [-0.2, 0) is 0 Å². The summed E-state index contributed by atoms with van der Waals surface area (Å²) in [7, 11) is 0. The van der Waals surface area contributed by atoms with Crippen molar-refractivity contribution in [2.75, 3.05) is 13.1 Å². The SMILES string of the molecule is N#CCC[Se]C(=[Se])N1CCCCC1. The Bertz CT molecular complexity index is 204. The summed E-state index contributed by atoms with van der Waals surface area (Å²) in [5.74, 6) is 0. The molecule has 1 fully saturated rings. The zero-order valence-electron chi connectivity index (χ0n) is 7.66. The third-order valence-electron chi connectivity index (χ3n) is 2.05. The van der Waals surface area contributed by atoms with Crippen LogP contribution in [-0.4, -0.2) is 52.0 Å². The van der Waals surface area contributed by atoms with E-state index in [1.165, 1.54) is 35.8 Å². The number of nitrogens with zero attached hydrogens (tertiary/aromatic N) is 2. The van der Waals surface area contributed by atoms with Crippen molar-refractivity contribution in [1.29, 1.82) is 5.26 Å². The van der Waals surface area contributed by atoms with Gasteiger partial charge in [-0.1, -0.05) is 0 Å². The van der Waals surface area contributed by atoms with Gasteiger partial charge >= 0.3 is 94.3 Å².